The minimum Gasteiger partial charge on any atom is -0.394 e. The molecule has 0 aromatic rings. The van der Waals surface area contributed by atoms with Crippen LogP contribution in [0.1, 0.15) is 6.92 Å². The Balaban J connectivity index is 2.86. The molecule has 0 aliphatic rings. The van der Waals surface area contributed by atoms with E-state index in [1.54, 1.807) is 6.92 Å². The third-order valence-corrected chi connectivity index (χ3v) is 0.666. The monoisotopic (exact) mass is 119 g/mol. The molecule has 3 nitrogen and oxygen atoms in total. The van der Waals surface area contributed by atoms with Crippen LogP contribution < -0.4 is 0 Å². The molecule has 0 spiro atoms. The van der Waals surface area contributed by atoms with Crippen LogP contribution in [-0.2, 0) is 4.74 Å². The Bertz CT molecular complexity index is 46.9. The van der Waals surface area contributed by atoms with E-state index in [1.165, 1.54) is 6.61 Å². The van der Waals surface area contributed by atoms with Crippen molar-refractivity contribution in [3.8, 4) is 0 Å². The van der Waals surface area contributed by atoms with Crippen LogP contribution in [0.2, 0.25) is 0 Å². The van der Waals surface area contributed by atoms with E-state index in [0.717, 1.165) is 0 Å². The SMILES string of the molecule is C[CH]OCC(O)CO. The Hall–Kier alpha value is -0.120. The van der Waals surface area contributed by atoms with E-state index < -0.39 is 6.10 Å². The average molecular weight is 119 g/mol. The van der Waals surface area contributed by atoms with Crippen molar-refractivity contribution in [2.24, 2.45) is 0 Å². The number of hydrogen-bond donors (Lipinski definition) is 2. The van der Waals surface area contributed by atoms with Gasteiger partial charge in [0.05, 0.1) is 19.8 Å². The summed E-state index contributed by atoms with van der Waals surface area (Å²) in [4.78, 5) is 0. The van der Waals surface area contributed by atoms with Crippen LogP contribution >= 0.6 is 0 Å². The smallest absolute Gasteiger partial charge is 0.100 e. The Morgan fingerprint density at radius 3 is 2.75 bits per heavy atom. The van der Waals surface area contributed by atoms with Crippen molar-refractivity contribution < 1.29 is 14.9 Å². The number of aliphatic hydroxyl groups is 2. The molecule has 0 rings (SSSR count). The summed E-state index contributed by atoms with van der Waals surface area (Å²) in [5.41, 5.74) is 0. The van der Waals surface area contributed by atoms with E-state index in [9.17, 15) is 0 Å². The molecule has 0 amide bonds. The molecule has 0 saturated heterocycles. The first-order valence-corrected chi connectivity index (χ1v) is 2.49. The predicted octanol–water partition coefficient (Wildman–Crippen LogP) is -0.462. The van der Waals surface area contributed by atoms with Gasteiger partial charge in [-0.1, -0.05) is 0 Å². The quantitative estimate of drug-likeness (QED) is 0.526. The van der Waals surface area contributed by atoms with Crippen molar-refractivity contribution in [3.05, 3.63) is 6.61 Å². The van der Waals surface area contributed by atoms with Crippen molar-refractivity contribution in [2.45, 2.75) is 13.0 Å². The summed E-state index contributed by atoms with van der Waals surface area (Å²) in [5.74, 6) is 0. The lowest BCUT2D eigenvalue weighted by atomic mass is 10.4. The fraction of sp³-hybridized carbons (Fsp3) is 0.800. The summed E-state index contributed by atoms with van der Waals surface area (Å²) >= 11 is 0. The number of rotatable bonds is 4. The molecule has 0 heterocycles. The van der Waals surface area contributed by atoms with E-state index in [1.807, 2.05) is 0 Å². The molecule has 49 valence electrons. The lowest BCUT2D eigenvalue weighted by molar-refractivity contribution is 0.0278. The maximum absolute atomic E-state index is 8.59. The summed E-state index contributed by atoms with van der Waals surface area (Å²) in [6, 6.07) is 0. The summed E-state index contributed by atoms with van der Waals surface area (Å²) in [7, 11) is 0. The van der Waals surface area contributed by atoms with Crippen LogP contribution in [0, 0.1) is 6.61 Å². The zero-order valence-corrected chi connectivity index (χ0v) is 4.87. The predicted molar refractivity (Wildman–Crippen MR) is 29.0 cm³/mol. The largest absolute Gasteiger partial charge is 0.394 e. The average Bonchev–Trinajstić information content (AvgIpc) is 1.83. The highest BCUT2D eigenvalue weighted by Crippen LogP contribution is 1.84. The molecule has 1 atom stereocenters. The molecule has 3 heteroatoms. The van der Waals surface area contributed by atoms with E-state index in [2.05, 4.69) is 4.74 Å². The van der Waals surface area contributed by atoms with Crippen molar-refractivity contribution in [1.82, 2.24) is 0 Å². The van der Waals surface area contributed by atoms with Gasteiger partial charge in [-0.2, -0.15) is 0 Å². The molecular weight excluding hydrogens is 108 g/mol. The van der Waals surface area contributed by atoms with E-state index in [0.29, 0.717) is 0 Å². The van der Waals surface area contributed by atoms with E-state index >= 15 is 0 Å². The van der Waals surface area contributed by atoms with Gasteiger partial charge in [0.15, 0.2) is 0 Å². The number of aliphatic hydroxyl groups excluding tert-OH is 2. The first-order valence-electron chi connectivity index (χ1n) is 2.49. The molecule has 2 N–H and O–H groups in total. The lowest BCUT2D eigenvalue weighted by Gasteiger charge is -2.04. The molecule has 0 fully saturated rings. The molecule has 0 aromatic carbocycles. The van der Waals surface area contributed by atoms with Crippen molar-refractivity contribution in [2.75, 3.05) is 13.2 Å². The number of ether oxygens (including phenoxy) is 1. The maximum Gasteiger partial charge on any atom is 0.100 e. The molecule has 1 unspecified atom stereocenters. The summed E-state index contributed by atoms with van der Waals surface area (Å²) in [5, 5.41) is 16.8. The lowest BCUT2D eigenvalue weighted by Crippen LogP contribution is -2.18. The molecule has 0 bridgehead atoms. The molecule has 0 aliphatic heterocycles. The fourth-order valence-electron chi connectivity index (χ4n) is 0.260. The Labute approximate surface area is 48.9 Å². The second-order valence-corrected chi connectivity index (χ2v) is 1.41. The summed E-state index contributed by atoms with van der Waals surface area (Å²) < 4.78 is 4.65. The zero-order valence-electron chi connectivity index (χ0n) is 4.87. The normalized spacial score (nSPS) is 13.9. The van der Waals surface area contributed by atoms with Crippen LogP contribution in [-0.4, -0.2) is 29.5 Å². The molecule has 8 heavy (non-hydrogen) atoms. The van der Waals surface area contributed by atoms with Gasteiger partial charge >= 0.3 is 0 Å². The topological polar surface area (TPSA) is 49.7 Å². The first-order chi connectivity index (χ1) is 3.81. The van der Waals surface area contributed by atoms with E-state index in [4.69, 9.17) is 10.2 Å². The first kappa shape index (κ1) is 7.88. The Morgan fingerprint density at radius 2 is 2.38 bits per heavy atom. The van der Waals surface area contributed by atoms with Gasteiger partial charge in [-0.25, -0.2) is 0 Å². The Morgan fingerprint density at radius 1 is 1.75 bits per heavy atom. The third-order valence-electron chi connectivity index (χ3n) is 0.666. The summed E-state index contributed by atoms with van der Waals surface area (Å²) in [6.07, 6.45) is -0.744. The van der Waals surface area contributed by atoms with Crippen LogP contribution in [0.5, 0.6) is 0 Å². The second-order valence-electron chi connectivity index (χ2n) is 1.41. The van der Waals surface area contributed by atoms with Crippen LogP contribution in [0.25, 0.3) is 0 Å². The molecule has 0 saturated carbocycles. The van der Waals surface area contributed by atoms with E-state index in [-0.39, 0.29) is 13.2 Å². The molecule has 0 aliphatic carbocycles. The van der Waals surface area contributed by atoms with Gasteiger partial charge < -0.3 is 14.9 Å². The zero-order chi connectivity index (χ0) is 6.41. The van der Waals surface area contributed by atoms with Gasteiger partial charge in [-0.15, -0.1) is 0 Å². The fourth-order valence-corrected chi connectivity index (χ4v) is 0.260. The standard InChI is InChI=1S/C5H11O3/c1-2-8-4-5(7)3-6/h2,5-7H,3-4H2,1H3. The Kier molecular flexibility index (Phi) is 4.95. The van der Waals surface area contributed by atoms with Gasteiger partial charge in [-0.3, -0.25) is 0 Å². The minimum absolute atomic E-state index is 0.174. The van der Waals surface area contributed by atoms with Gasteiger partial charge in [-0.05, 0) is 6.92 Å². The highest BCUT2D eigenvalue weighted by Gasteiger charge is 1.98. The van der Waals surface area contributed by atoms with Gasteiger partial charge in [0.2, 0.25) is 0 Å². The highest BCUT2D eigenvalue weighted by molar-refractivity contribution is 4.49. The van der Waals surface area contributed by atoms with Crippen LogP contribution in [0.4, 0.5) is 0 Å². The van der Waals surface area contributed by atoms with Crippen molar-refractivity contribution in [1.29, 1.82) is 0 Å². The van der Waals surface area contributed by atoms with Crippen molar-refractivity contribution in [3.63, 3.8) is 0 Å². The van der Waals surface area contributed by atoms with Gasteiger partial charge in [0.25, 0.3) is 0 Å². The molecular formula is C5H11O3. The van der Waals surface area contributed by atoms with Crippen LogP contribution in [0.3, 0.4) is 0 Å². The van der Waals surface area contributed by atoms with Gasteiger partial charge in [0, 0.05) is 0 Å². The number of hydrogen-bond acceptors (Lipinski definition) is 3. The highest BCUT2D eigenvalue weighted by atomic mass is 16.5. The third kappa shape index (κ3) is 4.05. The van der Waals surface area contributed by atoms with Crippen LogP contribution in [0.15, 0.2) is 0 Å². The maximum atomic E-state index is 8.59. The second kappa shape index (κ2) is 5.03. The molecule has 0 aromatic heterocycles. The summed E-state index contributed by atoms with van der Waals surface area (Å²) in [6.45, 7) is 3.11. The minimum atomic E-state index is -0.744. The van der Waals surface area contributed by atoms with Crippen molar-refractivity contribution >= 4 is 0 Å². The van der Waals surface area contributed by atoms with Gasteiger partial charge in [0.1, 0.15) is 6.10 Å². The molecule has 1 radical (unpaired) electrons.